The van der Waals surface area contributed by atoms with E-state index in [2.05, 4.69) is 0 Å². The van der Waals surface area contributed by atoms with Crippen LogP contribution in [0.5, 0.6) is 5.75 Å². The predicted octanol–water partition coefficient (Wildman–Crippen LogP) is 2.42. The van der Waals surface area contributed by atoms with Crippen molar-refractivity contribution >= 4 is 5.91 Å². The zero-order valence-corrected chi connectivity index (χ0v) is 13.3. The van der Waals surface area contributed by atoms with Crippen molar-refractivity contribution in [3.05, 3.63) is 29.8 Å². The lowest BCUT2D eigenvalue weighted by atomic mass is 10.1. The molecular formula is C17H25NO3. The van der Waals surface area contributed by atoms with Gasteiger partial charge in [-0.15, -0.1) is 0 Å². The van der Waals surface area contributed by atoms with Gasteiger partial charge in [-0.3, -0.25) is 4.79 Å². The Morgan fingerprint density at radius 3 is 2.67 bits per heavy atom. The van der Waals surface area contributed by atoms with Crippen LogP contribution in [0.25, 0.3) is 0 Å². The number of ether oxygens (including phenoxy) is 1. The first-order valence-corrected chi connectivity index (χ1v) is 7.51. The SMILES string of the molecule is CCN(CC(C)(C)O)C(=O)C1CC1c1ccccc1OC. The number of methoxy groups -OCH3 is 1. The molecule has 1 aromatic carbocycles. The Kier molecular flexibility index (Phi) is 4.57. The van der Waals surface area contributed by atoms with E-state index in [0.717, 1.165) is 17.7 Å². The molecule has 1 amide bonds. The van der Waals surface area contributed by atoms with Gasteiger partial charge in [0.25, 0.3) is 0 Å². The van der Waals surface area contributed by atoms with Crippen LogP contribution in [-0.2, 0) is 4.79 Å². The zero-order valence-electron chi connectivity index (χ0n) is 13.3. The monoisotopic (exact) mass is 291 g/mol. The summed E-state index contributed by atoms with van der Waals surface area (Å²) in [6, 6.07) is 7.88. The maximum absolute atomic E-state index is 12.6. The summed E-state index contributed by atoms with van der Waals surface area (Å²) >= 11 is 0. The van der Waals surface area contributed by atoms with Crippen molar-refractivity contribution in [2.24, 2.45) is 5.92 Å². The molecule has 0 aromatic heterocycles. The summed E-state index contributed by atoms with van der Waals surface area (Å²) in [6.07, 6.45) is 0.863. The van der Waals surface area contributed by atoms with Gasteiger partial charge in [0.1, 0.15) is 5.75 Å². The molecule has 1 aliphatic rings. The first kappa shape index (κ1) is 15.8. The summed E-state index contributed by atoms with van der Waals surface area (Å²) in [5.74, 6) is 1.24. The summed E-state index contributed by atoms with van der Waals surface area (Å²) in [6.45, 7) is 6.40. The molecule has 4 heteroatoms. The number of benzene rings is 1. The number of para-hydroxylation sites is 1. The molecule has 0 heterocycles. The van der Waals surface area contributed by atoms with Crippen LogP contribution in [0.3, 0.4) is 0 Å². The van der Waals surface area contributed by atoms with Gasteiger partial charge in [-0.25, -0.2) is 0 Å². The fourth-order valence-corrected chi connectivity index (χ4v) is 2.83. The van der Waals surface area contributed by atoms with Gasteiger partial charge >= 0.3 is 0 Å². The van der Waals surface area contributed by atoms with Crippen LogP contribution in [0, 0.1) is 5.92 Å². The molecule has 0 saturated heterocycles. The van der Waals surface area contributed by atoms with E-state index in [0.29, 0.717) is 13.1 Å². The minimum absolute atomic E-state index is 0.0172. The van der Waals surface area contributed by atoms with Crippen LogP contribution >= 0.6 is 0 Å². The Hall–Kier alpha value is -1.55. The van der Waals surface area contributed by atoms with Crippen molar-refractivity contribution in [1.29, 1.82) is 0 Å². The van der Waals surface area contributed by atoms with Crippen LogP contribution < -0.4 is 4.74 Å². The lowest BCUT2D eigenvalue weighted by Gasteiger charge is -2.28. The average molecular weight is 291 g/mol. The fourth-order valence-electron chi connectivity index (χ4n) is 2.83. The van der Waals surface area contributed by atoms with Crippen molar-refractivity contribution in [1.82, 2.24) is 4.90 Å². The van der Waals surface area contributed by atoms with Gasteiger partial charge in [0.15, 0.2) is 0 Å². The number of hydrogen-bond acceptors (Lipinski definition) is 3. The molecule has 2 rings (SSSR count). The highest BCUT2D eigenvalue weighted by atomic mass is 16.5. The van der Waals surface area contributed by atoms with E-state index >= 15 is 0 Å². The second-order valence-electron chi connectivity index (χ2n) is 6.36. The molecule has 21 heavy (non-hydrogen) atoms. The molecule has 0 bridgehead atoms. The molecular weight excluding hydrogens is 266 g/mol. The highest BCUT2D eigenvalue weighted by molar-refractivity contribution is 5.83. The lowest BCUT2D eigenvalue weighted by Crippen LogP contribution is -2.42. The summed E-state index contributed by atoms with van der Waals surface area (Å²) in [5.41, 5.74) is 0.248. The quantitative estimate of drug-likeness (QED) is 0.875. The zero-order chi connectivity index (χ0) is 15.6. The first-order valence-electron chi connectivity index (χ1n) is 7.51. The maximum Gasteiger partial charge on any atom is 0.226 e. The number of aliphatic hydroxyl groups is 1. The second-order valence-corrected chi connectivity index (χ2v) is 6.36. The average Bonchev–Trinajstić information content (AvgIpc) is 3.23. The summed E-state index contributed by atoms with van der Waals surface area (Å²) in [7, 11) is 1.66. The largest absolute Gasteiger partial charge is 0.496 e. The van der Waals surface area contributed by atoms with Gasteiger partial charge in [0, 0.05) is 19.0 Å². The number of carbonyl (C=O) groups excluding carboxylic acids is 1. The normalized spacial score (nSPS) is 21.0. The van der Waals surface area contributed by atoms with Gasteiger partial charge in [-0.1, -0.05) is 18.2 Å². The minimum Gasteiger partial charge on any atom is -0.496 e. The molecule has 0 radical (unpaired) electrons. The minimum atomic E-state index is -0.861. The topological polar surface area (TPSA) is 49.8 Å². The van der Waals surface area contributed by atoms with E-state index in [1.54, 1.807) is 25.9 Å². The van der Waals surface area contributed by atoms with Crippen LogP contribution in [0.15, 0.2) is 24.3 Å². The number of hydrogen-bond donors (Lipinski definition) is 1. The van der Waals surface area contributed by atoms with Gasteiger partial charge < -0.3 is 14.7 Å². The molecule has 1 saturated carbocycles. The predicted molar refractivity (Wildman–Crippen MR) is 82.4 cm³/mol. The van der Waals surface area contributed by atoms with E-state index in [4.69, 9.17) is 4.74 Å². The molecule has 0 spiro atoms. The molecule has 2 unspecified atom stereocenters. The van der Waals surface area contributed by atoms with Crippen LogP contribution in [0.2, 0.25) is 0 Å². The van der Waals surface area contributed by atoms with Gasteiger partial charge in [-0.05, 0) is 44.7 Å². The van der Waals surface area contributed by atoms with Gasteiger partial charge in [0.05, 0.1) is 12.7 Å². The number of amides is 1. The standard InChI is InChI=1S/C17H25NO3/c1-5-18(11-17(2,3)20)16(19)14-10-13(14)12-8-6-7-9-15(12)21-4/h6-9,13-14,20H,5,10-11H2,1-4H3. The molecule has 1 fully saturated rings. The van der Waals surface area contributed by atoms with Crippen molar-refractivity contribution in [2.75, 3.05) is 20.2 Å². The van der Waals surface area contributed by atoms with Crippen molar-refractivity contribution in [2.45, 2.75) is 38.7 Å². The molecule has 2 atom stereocenters. The molecule has 0 aliphatic heterocycles. The van der Waals surface area contributed by atoms with Gasteiger partial charge in [-0.2, -0.15) is 0 Å². The maximum atomic E-state index is 12.6. The van der Waals surface area contributed by atoms with Crippen molar-refractivity contribution < 1.29 is 14.6 Å². The molecule has 1 aromatic rings. The van der Waals surface area contributed by atoms with Crippen LogP contribution in [0.4, 0.5) is 0 Å². The van der Waals surface area contributed by atoms with E-state index in [1.165, 1.54) is 0 Å². The number of likely N-dealkylation sites (N-methyl/N-ethyl adjacent to an activating group) is 1. The highest BCUT2D eigenvalue weighted by Gasteiger charge is 2.47. The lowest BCUT2D eigenvalue weighted by molar-refractivity contribution is -0.135. The molecule has 4 nitrogen and oxygen atoms in total. The second kappa shape index (κ2) is 6.06. The fraction of sp³-hybridized carbons (Fsp3) is 0.588. The molecule has 116 valence electrons. The third kappa shape index (κ3) is 3.76. The van der Waals surface area contributed by atoms with Crippen molar-refractivity contribution in [3.8, 4) is 5.75 Å². The summed E-state index contributed by atoms with van der Waals surface area (Å²) < 4.78 is 5.38. The Bertz CT molecular complexity index is 507. The smallest absolute Gasteiger partial charge is 0.226 e. The van der Waals surface area contributed by atoms with Gasteiger partial charge in [0.2, 0.25) is 5.91 Å². The number of rotatable bonds is 6. The third-order valence-electron chi connectivity index (χ3n) is 3.92. The van der Waals surface area contributed by atoms with Crippen molar-refractivity contribution in [3.63, 3.8) is 0 Å². The third-order valence-corrected chi connectivity index (χ3v) is 3.92. The molecule has 1 N–H and O–H groups in total. The summed E-state index contributed by atoms with van der Waals surface area (Å²) in [5, 5.41) is 9.92. The Morgan fingerprint density at radius 1 is 1.43 bits per heavy atom. The first-order chi connectivity index (χ1) is 9.87. The summed E-state index contributed by atoms with van der Waals surface area (Å²) in [4.78, 5) is 14.3. The molecule has 1 aliphatic carbocycles. The van der Waals surface area contributed by atoms with E-state index in [9.17, 15) is 9.90 Å². The van der Waals surface area contributed by atoms with E-state index < -0.39 is 5.60 Å². The van der Waals surface area contributed by atoms with Crippen LogP contribution in [-0.4, -0.2) is 41.7 Å². The Morgan fingerprint density at radius 2 is 2.10 bits per heavy atom. The number of carbonyl (C=O) groups is 1. The van der Waals surface area contributed by atoms with Crippen LogP contribution in [0.1, 0.15) is 38.7 Å². The van der Waals surface area contributed by atoms with E-state index in [1.807, 2.05) is 31.2 Å². The Balaban J connectivity index is 2.06. The van der Waals surface area contributed by atoms with E-state index in [-0.39, 0.29) is 17.7 Å². The Labute approximate surface area is 126 Å². The highest BCUT2D eigenvalue weighted by Crippen LogP contribution is 2.51. The number of nitrogens with zero attached hydrogens (tertiary/aromatic N) is 1.